The topological polar surface area (TPSA) is 80.0 Å². The van der Waals surface area contributed by atoms with E-state index in [1.165, 1.54) is 24.3 Å². The van der Waals surface area contributed by atoms with Gasteiger partial charge in [0.15, 0.2) is 0 Å². The lowest BCUT2D eigenvalue weighted by atomic mass is 9.99. The van der Waals surface area contributed by atoms with Crippen molar-refractivity contribution in [3.8, 4) is 5.75 Å². The van der Waals surface area contributed by atoms with Crippen LogP contribution in [-0.4, -0.2) is 23.9 Å². The molecular formula is C22H16ClNO5. The van der Waals surface area contributed by atoms with Crippen molar-refractivity contribution in [3.63, 3.8) is 0 Å². The number of aliphatic hydroxyl groups is 1. The van der Waals surface area contributed by atoms with E-state index < -0.39 is 17.7 Å². The number of carbonyl (C=O) groups excluding carboxylic acids is 2. The summed E-state index contributed by atoms with van der Waals surface area (Å²) < 4.78 is 10.7. The van der Waals surface area contributed by atoms with Crippen LogP contribution in [-0.2, 0) is 9.59 Å². The molecule has 0 saturated carbocycles. The lowest BCUT2D eigenvalue weighted by Gasteiger charge is -2.23. The zero-order valence-corrected chi connectivity index (χ0v) is 16.1. The Bertz CT molecular complexity index is 1110. The lowest BCUT2D eigenvalue weighted by Crippen LogP contribution is -2.29. The molecule has 0 radical (unpaired) electrons. The molecule has 1 saturated heterocycles. The highest BCUT2D eigenvalue weighted by Crippen LogP contribution is 2.43. The fraction of sp³-hybridized carbons (Fsp3) is 0.0909. The first kappa shape index (κ1) is 18.8. The van der Waals surface area contributed by atoms with Crippen molar-refractivity contribution in [2.75, 3.05) is 12.0 Å². The smallest absolute Gasteiger partial charge is 0.300 e. The second-order valence-electron chi connectivity index (χ2n) is 6.37. The van der Waals surface area contributed by atoms with Crippen LogP contribution in [0.2, 0.25) is 5.02 Å². The number of anilines is 1. The van der Waals surface area contributed by atoms with E-state index in [4.69, 9.17) is 20.8 Å². The normalized spacial score (nSPS) is 18.3. The van der Waals surface area contributed by atoms with Crippen molar-refractivity contribution in [2.45, 2.75) is 6.04 Å². The molecule has 7 heteroatoms. The SMILES string of the molecule is COc1ccc(N2C(=O)C(=O)/C(=C(\O)c3ccccc3)C2c2ccco2)cc1Cl. The highest BCUT2D eigenvalue weighted by Gasteiger charge is 2.48. The fourth-order valence-electron chi connectivity index (χ4n) is 3.37. The zero-order valence-electron chi connectivity index (χ0n) is 15.3. The quantitative estimate of drug-likeness (QED) is 0.388. The van der Waals surface area contributed by atoms with Crippen LogP contribution in [0.4, 0.5) is 5.69 Å². The fourth-order valence-corrected chi connectivity index (χ4v) is 3.62. The average Bonchev–Trinajstić information content (AvgIpc) is 3.35. The summed E-state index contributed by atoms with van der Waals surface area (Å²) in [4.78, 5) is 27.1. The Morgan fingerprint density at radius 2 is 1.86 bits per heavy atom. The summed E-state index contributed by atoms with van der Waals surface area (Å²) in [5, 5.41) is 11.2. The van der Waals surface area contributed by atoms with Crippen LogP contribution < -0.4 is 9.64 Å². The second-order valence-corrected chi connectivity index (χ2v) is 6.78. The van der Waals surface area contributed by atoms with E-state index in [1.54, 1.807) is 54.6 Å². The van der Waals surface area contributed by atoms with Gasteiger partial charge in [-0.15, -0.1) is 0 Å². The number of ketones is 1. The van der Waals surface area contributed by atoms with Crippen molar-refractivity contribution < 1.29 is 23.8 Å². The van der Waals surface area contributed by atoms with Crippen molar-refractivity contribution >= 4 is 34.7 Å². The molecule has 6 nitrogen and oxygen atoms in total. The van der Waals surface area contributed by atoms with Gasteiger partial charge in [-0.1, -0.05) is 41.9 Å². The molecule has 1 aromatic heterocycles. The van der Waals surface area contributed by atoms with Gasteiger partial charge in [-0.25, -0.2) is 0 Å². The first-order chi connectivity index (χ1) is 14.0. The Morgan fingerprint density at radius 3 is 2.48 bits per heavy atom. The van der Waals surface area contributed by atoms with Crippen LogP contribution >= 0.6 is 11.6 Å². The van der Waals surface area contributed by atoms with Gasteiger partial charge in [-0.05, 0) is 30.3 Å². The molecule has 1 unspecified atom stereocenters. The largest absolute Gasteiger partial charge is 0.507 e. The van der Waals surface area contributed by atoms with E-state index in [-0.39, 0.29) is 16.4 Å². The summed E-state index contributed by atoms with van der Waals surface area (Å²) in [5.74, 6) is -1.09. The van der Waals surface area contributed by atoms with E-state index in [0.717, 1.165) is 0 Å². The third-order valence-electron chi connectivity index (χ3n) is 4.72. The molecule has 0 aliphatic carbocycles. The Balaban J connectivity index is 1.91. The van der Waals surface area contributed by atoms with Gasteiger partial charge in [0.1, 0.15) is 23.3 Å². The van der Waals surface area contributed by atoms with Gasteiger partial charge in [-0.2, -0.15) is 0 Å². The minimum Gasteiger partial charge on any atom is -0.507 e. The Hall–Kier alpha value is -3.51. The average molecular weight is 410 g/mol. The van der Waals surface area contributed by atoms with E-state index in [9.17, 15) is 14.7 Å². The number of halogens is 1. The lowest BCUT2D eigenvalue weighted by molar-refractivity contribution is -0.132. The third kappa shape index (κ3) is 3.17. The summed E-state index contributed by atoms with van der Waals surface area (Å²) in [7, 11) is 1.48. The first-order valence-electron chi connectivity index (χ1n) is 8.76. The summed E-state index contributed by atoms with van der Waals surface area (Å²) in [6, 6.07) is 15.7. The molecule has 1 amide bonds. The molecule has 0 spiro atoms. The van der Waals surface area contributed by atoms with Gasteiger partial charge in [0.05, 0.1) is 24.0 Å². The first-order valence-corrected chi connectivity index (χ1v) is 9.14. The van der Waals surface area contributed by atoms with Gasteiger partial charge in [-0.3, -0.25) is 14.5 Å². The molecule has 29 heavy (non-hydrogen) atoms. The monoisotopic (exact) mass is 409 g/mol. The van der Waals surface area contributed by atoms with Gasteiger partial charge in [0, 0.05) is 11.3 Å². The number of nitrogens with zero attached hydrogens (tertiary/aromatic N) is 1. The Morgan fingerprint density at radius 1 is 1.10 bits per heavy atom. The number of Topliss-reactive ketones (excluding diaryl/α,β-unsaturated/α-hetero) is 1. The molecule has 1 aliphatic rings. The number of hydrogen-bond acceptors (Lipinski definition) is 5. The summed E-state index contributed by atoms with van der Waals surface area (Å²) >= 11 is 6.23. The highest BCUT2D eigenvalue weighted by atomic mass is 35.5. The second kappa shape index (κ2) is 7.48. The van der Waals surface area contributed by atoms with E-state index in [2.05, 4.69) is 0 Å². The molecule has 0 bridgehead atoms. The molecule has 1 aliphatic heterocycles. The van der Waals surface area contributed by atoms with Crippen LogP contribution in [0.3, 0.4) is 0 Å². The number of benzene rings is 2. The highest BCUT2D eigenvalue weighted by molar-refractivity contribution is 6.51. The number of furan rings is 1. The number of methoxy groups -OCH3 is 1. The molecule has 1 N–H and O–H groups in total. The predicted octanol–water partition coefficient (Wildman–Crippen LogP) is 4.57. The van der Waals surface area contributed by atoms with E-state index in [1.807, 2.05) is 0 Å². The number of rotatable bonds is 4. The summed E-state index contributed by atoms with van der Waals surface area (Å²) in [6.07, 6.45) is 1.44. The molecule has 1 atom stereocenters. The number of ether oxygens (including phenoxy) is 1. The van der Waals surface area contributed by atoms with Crippen LogP contribution in [0.1, 0.15) is 17.4 Å². The van der Waals surface area contributed by atoms with Crippen molar-refractivity contribution in [2.24, 2.45) is 0 Å². The van der Waals surface area contributed by atoms with E-state index in [0.29, 0.717) is 22.8 Å². The van der Waals surface area contributed by atoms with Crippen molar-refractivity contribution in [3.05, 3.63) is 88.8 Å². The Labute approximate surface area is 171 Å². The number of carbonyl (C=O) groups is 2. The number of aliphatic hydroxyl groups excluding tert-OH is 1. The standard InChI is InChI=1S/C22H16ClNO5/c1-28-16-10-9-14(12-15(16)23)24-19(17-8-5-11-29-17)18(21(26)22(24)27)20(25)13-6-3-2-4-7-13/h2-12,19,25H,1H3/b20-18-. The maximum atomic E-state index is 12.9. The molecule has 3 aromatic rings. The summed E-state index contributed by atoms with van der Waals surface area (Å²) in [6.45, 7) is 0. The van der Waals surface area contributed by atoms with Gasteiger partial charge < -0.3 is 14.3 Å². The van der Waals surface area contributed by atoms with E-state index >= 15 is 0 Å². The predicted molar refractivity (Wildman–Crippen MR) is 108 cm³/mol. The zero-order chi connectivity index (χ0) is 20.5. The van der Waals surface area contributed by atoms with Crippen LogP contribution in [0.5, 0.6) is 5.75 Å². The maximum Gasteiger partial charge on any atom is 0.300 e. The number of hydrogen-bond donors (Lipinski definition) is 1. The van der Waals surface area contributed by atoms with Crippen LogP contribution in [0, 0.1) is 0 Å². The third-order valence-corrected chi connectivity index (χ3v) is 5.01. The van der Waals surface area contributed by atoms with Gasteiger partial charge >= 0.3 is 0 Å². The van der Waals surface area contributed by atoms with Crippen LogP contribution in [0.25, 0.3) is 5.76 Å². The Kier molecular flexibility index (Phi) is 4.86. The number of amides is 1. The molecule has 2 heterocycles. The van der Waals surface area contributed by atoms with Crippen molar-refractivity contribution in [1.29, 1.82) is 0 Å². The van der Waals surface area contributed by atoms with Gasteiger partial charge in [0.2, 0.25) is 0 Å². The van der Waals surface area contributed by atoms with Crippen molar-refractivity contribution in [1.82, 2.24) is 0 Å². The molecule has 2 aromatic carbocycles. The minimum atomic E-state index is -0.935. The maximum absolute atomic E-state index is 12.9. The van der Waals surface area contributed by atoms with Crippen LogP contribution in [0.15, 0.2) is 76.9 Å². The molecule has 146 valence electrons. The minimum absolute atomic E-state index is 0.0527. The summed E-state index contributed by atoms with van der Waals surface area (Å²) in [5.41, 5.74) is 0.754. The molecular weight excluding hydrogens is 394 g/mol. The molecule has 1 fully saturated rings. The van der Waals surface area contributed by atoms with Gasteiger partial charge in [0.25, 0.3) is 11.7 Å². The molecule has 4 rings (SSSR count).